The average Bonchev–Trinajstić information content (AvgIpc) is 2.82. The first-order valence-corrected chi connectivity index (χ1v) is 11.7. The topological polar surface area (TPSA) is 40.5 Å². The number of aliphatic hydroxyl groups excluding tert-OH is 2. The molecule has 0 spiro atoms. The molecule has 0 saturated heterocycles. The molecule has 3 aromatic rings. The maximum atomic E-state index is 9.15. The predicted molar refractivity (Wildman–Crippen MR) is 130 cm³/mol. The molecule has 0 saturated carbocycles. The van der Waals surface area contributed by atoms with E-state index in [1.54, 1.807) is 0 Å². The van der Waals surface area contributed by atoms with Gasteiger partial charge in [-0.2, -0.15) is 0 Å². The van der Waals surface area contributed by atoms with Gasteiger partial charge in [-0.25, -0.2) is 0 Å². The van der Waals surface area contributed by atoms with Gasteiger partial charge in [0.05, 0.1) is 0 Å². The normalized spacial score (nSPS) is 11.2. The average molecular weight is 417 g/mol. The highest BCUT2D eigenvalue weighted by atomic mass is 16.3. The number of benzene rings is 3. The summed E-state index contributed by atoms with van der Waals surface area (Å²) in [5, 5.41) is 18.3. The molecule has 31 heavy (non-hydrogen) atoms. The van der Waals surface area contributed by atoms with Crippen molar-refractivity contribution >= 4 is 0 Å². The predicted octanol–water partition coefficient (Wildman–Crippen LogP) is 6.01. The van der Waals surface area contributed by atoms with Gasteiger partial charge in [-0.05, 0) is 71.9 Å². The fourth-order valence-corrected chi connectivity index (χ4v) is 4.01. The van der Waals surface area contributed by atoms with Crippen LogP contribution in [0.1, 0.15) is 48.4 Å². The SMILES string of the molecule is CCCc1ccc(-c2ccc(CCc3ccc(CCCC(CO)CO)cc3)cc2)cc1. The molecule has 0 aliphatic rings. The summed E-state index contributed by atoms with van der Waals surface area (Å²) in [6.45, 7) is 2.36. The fourth-order valence-electron chi connectivity index (χ4n) is 4.01. The van der Waals surface area contributed by atoms with Gasteiger partial charge >= 0.3 is 0 Å². The molecule has 3 aromatic carbocycles. The Bertz CT molecular complexity index is 876. The van der Waals surface area contributed by atoms with E-state index in [9.17, 15) is 0 Å². The minimum absolute atomic E-state index is 0.0195. The molecule has 3 rings (SSSR count). The summed E-state index contributed by atoms with van der Waals surface area (Å²) < 4.78 is 0. The van der Waals surface area contributed by atoms with Crippen LogP contribution in [0.5, 0.6) is 0 Å². The molecule has 0 fully saturated rings. The van der Waals surface area contributed by atoms with E-state index in [-0.39, 0.29) is 19.1 Å². The van der Waals surface area contributed by atoms with Crippen LogP contribution < -0.4 is 0 Å². The van der Waals surface area contributed by atoms with Crippen LogP contribution >= 0.6 is 0 Å². The molecular weight excluding hydrogens is 380 g/mol. The Labute approximate surface area is 187 Å². The maximum absolute atomic E-state index is 9.15. The van der Waals surface area contributed by atoms with Crippen LogP contribution in [-0.4, -0.2) is 23.4 Å². The van der Waals surface area contributed by atoms with Crippen LogP contribution in [0.15, 0.2) is 72.8 Å². The first-order valence-electron chi connectivity index (χ1n) is 11.7. The number of aryl methyl sites for hydroxylation is 4. The van der Waals surface area contributed by atoms with E-state index in [0.29, 0.717) is 0 Å². The van der Waals surface area contributed by atoms with Crippen LogP contribution in [0.25, 0.3) is 11.1 Å². The first kappa shape index (κ1) is 23.2. The van der Waals surface area contributed by atoms with Crippen LogP contribution in [0.3, 0.4) is 0 Å². The van der Waals surface area contributed by atoms with Crippen LogP contribution in [0, 0.1) is 5.92 Å². The Kier molecular flexibility index (Phi) is 9.33. The second kappa shape index (κ2) is 12.4. The van der Waals surface area contributed by atoms with E-state index >= 15 is 0 Å². The van der Waals surface area contributed by atoms with Gasteiger partial charge in [0, 0.05) is 19.1 Å². The van der Waals surface area contributed by atoms with Crippen molar-refractivity contribution in [2.24, 2.45) is 5.92 Å². The molecule has 0 amide bonds. The lowest BCUT2D eigenvalue weighted by Gasteiger charge is -2.10. The second-order valence-corrected chi connectivity index (χ2v) is 8.58. The highest BCUT2D eigenvalue weighted by Crippen LogP contribution is 2.21. The zero-order chi connectivity index (χ0) is 21.9. The van der Waals surface area contributed by atoms with Crippen LogP contribution in [0.4, 0.5) is 0 Å². The third kappa shape index (κ3) is 7.34. The van der Waals surface area contributed by atoms with Crippen molar-refractivity contribution in [3.63, 3.8) is 0 Å². The van der Waals surface area contributed by atoms with Crippen molar-refractivity contribution in [3.05, 3.63) is 95.1 Å². The molecule has 0 aromatic heterocycles. The molecule has 0 unspecified atom stereocenters. The van der Waals surface area contributed by atoms with Gasteiger partial charge < -0.3 is 10.2 Å². The van der Waals surface area contributed by atoms with Crippen molar-refractivity contribution in [2.45, 2.75) is 51.9 Å². The van der Waals surface area contributed by atoms with Gasteiger partial charge in [-0.1, -0.05) is 86.1 Å². The third-order valence-electron chi connectivity index (χ3n) is 6.10. The molecule has 2 N–H and O–H groups in total. The Balaban J connectivity index is 1.47. The molecular formula is C29H36O2. The molecule has 2 nitrogen and oxygen atoms in total. The minimum atomic E-state index is 0.0195. The molecule has 0 aliphatic heterocycles. The van der Waals surface area contributed by atoms with Crippen molar-refractivity contribution in [2.75, 3.05) is 13.2 Å². The van der Waals surface area contributed by atoms with Gasteiger partial charge in [-0.3, -0.25) is 0 Å². The summed E-state index contributed by atoms with van der Waals surface area (Å²) >= 11 is 0. The Morgan fingerprint density at radius 1 is 0.548 bits per heavy atom. The van der Waals surface area contributed by atoms with Gasteiger partial charge in [0.15, 0.2) is 0 Å². The van der Waals surface area contributed by atoms with E-state index in [1.165, 1.54) is 39.8 Å². The first-order chi connectivity index (χ1) is 15.2. The van der Waals surface area contributed by atoms with Gasteiger partial charge in [-0.15, -0.1) is 0 Å². The maximum Gasteiger partial charge on any atom is 0.0481 e. The Morgan fingerprint density at radius 3 is 1.35 bits per heavy atom. The molecule has 0 aliphatic carbocycles. The monoisotopic (exact) mass is 416 g/mol. The zero-order valence-electron chi connectivity index (χ0n) is 18.8. The quantitative estimate of drug-likeness (QED) is 0.379. The van der Waals surface area contributed by atoms with E-state index in [0.717, 1.165) is 38.5 Å². The van der Waals surface area contributed by atoms with Gasteiger partial charge in [0.25, 0.3) is 0 Å². The highest BCUT2D eigenvalue weighted by Gasteiger charge is 2.05. The summed E-state index contributed by atoms with van der Waals surface area (Å²) in [5.41, 5.74) is 8.03. The van der Waals surface area contributed by atoms with Crippen molar-refractivity contribution in [1.82, 2.24) is 0 Å². The van der Waals surface area contributed by atoms with Crippen molar-refractivity contribution in [3.8, 4) is 11.1 Å². The van der Waals surface area contributed by atoms with E-state index in [1.807, 2.05) is 0 Å². The lowest BCUT2D eigenvalue weighted by molar-refractivity contribution is 0.142. The third-order valence-corrected chi connectivity index (χ3v) is 6.10. The highest BCUT2D eigenvalue weighted by molar-refractivity contribution is 5.64. The molecule has 0 bridgehead atoms. The summed E-state index contributed by atoms with van der Waals surface area (Å²) in [5.74, 6) is 0.0195. The summed E-state index contributed by atoms with van der Waals surface area (Å²) in [7, 11) is 0. The molecule has 0 heterocycles. The van der Waals surface area contributed by atoms with E-state index in [2.05, 4.69) is 79.7 Å². The lowest BCUT2D eigenvalue weighted by atomic mass is 9.97. The van der Waals surface area contributed by atoms with Gasteiger partial charge in [0.2, 0.25) is 0 Å². The lowest BCUT2D eigenvalue weighted by Crippen LogP contribution is -2.10. The second-order valence-electron chi connectivity index (χ2n) is 8.58. The van der Waals surface area contributed by atoms with E-state index < -0.39 is 0 Å². The molecule has 164 valence electrons. The number of aliphatic hydroxyl groups is 2. The number of rotatable bonds is 12. The van der Waals surface area contributed by atoms with Crippen LogP contribution in [-0.2, 0) is 25.7 Å². The minimum Gasteiger partial charge on any atom is -0.396 e. The summed E-state index contributed by atoms with van der Waals surface area (Å²) in [6.07, 6.45) is 7.29. The summed E-state index contributed by atoms with van der Waals surface area (Å²) in [4.78, 5) is 0. The van der Waals surface area contributed by atoms with Crippen molar-refractivity contribution < 1.29 is 10.2 Å². The van der Waals surface area contributed by atoms with E-state index in [4.69, 9.17) is 10.2 Å². The van der Waals surface area contributed by atoms with Crippen molar-refractivity contribution in [1.29, 1.82) is 0 Å². The smallest absolute Gasteiger partial charge is 0.0481 e. The molecule has 0 atom stereocenters. The molecule has 0 radical (unpaired) electrons. The van der Waals surface area contributed by atoms with Gasteiger partial charge in [0.1, 0.15) is 0 Å². The number of hydrogen-bond acceptors (Lipinski definition) is 2. The number of hydrogen-bond donors (Lipinski definition) is 2. The zero-order valence-corrected chi connectivity index (χ0v) is 18.8. The van der Waals surface area contributed by atoms with Crippen LogP contribution in [0.2, 0.25) is 0 Å². The Hall–Kier alpha value is -2.42. The molecule has 2 heteroatoms. The largest absolute Gasteiger partial charge is 0.396 e. The standard InChI is InChI=1S/C29H36O2/c1-2-4-23-13-17-28(18-14-23)29-19-15-26(16-20-29)12-11-25-9-7-24(8-10-25)5-3-6-27(21-30)22-31/h7-10,13-20,27,30-31H,2-6,11-12,21-22H2,1H3. The Morgan fingerprint density at radius 2 is 0.935 bits per heavy atom. The summed E-state index contributed by atoms with van der Waals surface area (Å²) in [6, 6.07) is 26.8. The fraction of sp³-hybridized carbons (Fsp3) is 0.379.